The molecule has 118 valence electrons. The summed E-state index contributed by atoms with van der Waals surface area (Å²) in [7, 11) is 0. The zero-order valence-corrected chi connectivity index (χ0v) is 13.4. The highest BCUT2D eigenvalue weighted by molar-refractivity contribution is 5.75. The highest BCUT2D eigenvalue weighted by Crippen LogP contribution is 2.16. The second-order valence-corrected chi connectivity index (χ2v) is 5.93. The number of rotatable bonds is 7. The van der Waals surface area contributed by atoms with Crippen molar-refractivity contribution in [2.24, 2.45) is 5.92 Å². The van der Waals surface area contributed by atoms with Crippen LogP contribution in [0.5, 0.6) is 0 Å². The Morgan fingerprint density at radius 1 is 1.27 bits per heavy atom. The average Bonchev–Trinajstić information content (AvgIpc) is 2.95. The molecule has 1 aromatic carbocycles. The first-order chi connectivity index (χ1) is 10.5. The molecule has 0 unspecified atom stereocenters. The molecule has 0 aliphatic heterocycles. The van der Waals surface area contributed by atoms with E-state index in [1.54, 1.807) is 0 Å². The Hall–Kier alpha value is -2.17. The fraction of sp³-hybridized carbons (Fsp3) is 0.471. The van der Waals surface area contributed by atoms with Crippen molar-refractivity contribution in [2.45, 2.75) is 40.0 Å². The van der Waals surface area contributed by atoms with E-state index in [2.05, 4.69) is 29.3 Å². The topological polar surface area (TPSA) is 68.0 Å². The molecule has 22 heavy (non-hydrogen) atoms. The standard InChI is InChI=1S/C17H23N3O2/c1-12(2)11-18-15(21)5-4-6-16-19-17(20-22-16)14-9-7-13(3)8-10-14/h7-10,12H,4-6,11H2,1-3H3,(H,18,21). The highest BCUT2D eigenvalue weighted by Gasteiger charge is 2.09. The molecule has 0 atom stereocenters. The summed E-state index contributed by atoms with van der Waals surface area (Å²) in [5.74, 6) is 1.72. The molecule has 0 fully saturated rings. The number of nitrogens with zero attached hydrogens (tertiary/aromatic N) is 2. The van der Waals surface area contributed by atoms with Crippen molar-refractivity contribution in [3.05, 3.63) is 35.7 Å². The molecule has 0 aliphatic rings. The van der Waals surface area contributed by atoms with E-state index in [1.165, 1.54) is 5.56 Å². The molecule has 0 bridgehead atoms. The van der Waals surface area contributed by atoms with Crippen LogP contribution in [-0.2, 0) is 11.2 Å². The van der Waals surface area contributed by atoms with Crippen LogP contribution in [-0.4, -0.2) is 22.6 Å². The molecule has 1 aromatic heterocycles. The number of carbonyl (C=O) groups is 1. The van der Waals surface area contributed by atoms with E-state index in [0.717, 1.165) is 12.1 Å². The van der Waals surface area contributed by atoms with Crippen LogP contribution in [0.4, 0.5) is 0 Å². The van der Waals surface area contributed by atoms with Crippen LogP contribution < -0.4 is 5.32 Å². The summed E-state index contributed by atoms with van der Waals surface area (Å²) in [6.45, 7) is 6.91. The van der Waals surface area contributed by atoms with Crippen molar-refractivity contribution >= 4 is 5.91 Å². The summed E-state index contributed by atoms with van der Waals surface area (Å²) in [4.78, 5) is 16.0. The number of hydrogen-bond donors (Lipinski definition) is 1. The van der Waals surface area contributed by atoms with E-state index in [4.69, 9.17) is 4.52 Å². The van der Waals surface area contributed by atoms with Crippen molar-refractivity contribution in [1.82, 2.24) is 15.5 Å². The highest BCUT2D eigenvalue weighted by atomic mass is 16.5. The summed E-state index contributed by atoms with van der Waals surface area (Å²) >= 11 is 0. The monoisotopic (exact) mass is 301 g/mol. The van der Waals surface area contributed by atoms with Crippen LogP contribution >= 0.6 is 0 Å². The third-order valence-corrected chi connectivity index (χ3v) is 3.28. The number of benzene rings is 1. The first-order valence-electron chi connectivity index (χ1n) is 7.71. The molecule has 2 aromatic rings. The SMILES string of the molecule is Cc1ccc(-c2noc(CCCC(=O)NCC(C)C)n2)cc1. The Labute approximate surface area is 131 Å². The Balaban J connectivity index is 1.80. The maximum absolute atomic E-state index is 11.6. The fourth-order valence-electron chi connectivity index (χ4n) is 1.98. The van der Waals surface area contributed by atoms with E-state index in [1.807, 2.05) is 31.2 Å². The molecule has 1 N–H and O–H groups in total. The molecule has 5 nitrogen and oxygen atoms in total. The Kier molecular flexibility index (Phi) is 5.69. The quantitative estimate of drug-likeness (QED) is 0.853. The largest absolute Gasteiger partial charge is 0.356 e. The Bertz CT molecular complexity index is 603. The molecule has 0 spiro atoms. The predicted molar refractivity (Wildman–Crippen MR) is 85.3 cm³/mol. The van der Waals surface area contributed by atoms with Crippen molar-refractivity contribution in [3.63, 3.8) is 0 Å². The van der Waals surface area contributed by atoms with Gasteiger partial charge in [-0.15, -0.1) is 0 Å². The van der Waals surface area contributed by atoms with Gasteiger partial charge in [-0.25, -0.2) is 0 Å². The van der Waals surface area contributed by atoms with Gasteiger partial charge in [0.15, 0.2) is 0 Å². The number of aryl methyl sites for hydroxylation is 2. The third-order valence-electron chi connectivity index (χ3n) is 3.28. The van der Waals surface area contributed by atoms with Gasteiger partial charge in [-0.1, -0.05) is 48.8 Å². The zero-order valence-electron chi connectivity index (χ0n) is 13.4. The van der Waals surface area contributed by atoms with Gasteiger partial charge in [0.05, 0.1) is 0 Å². The first-order valence-corrected chi connectivity index (χ1v) is 7.71. The van der Waals surface area contributed by atoms with Gasteiger partial charge >= 0.3 is 0 Å². The number of nitrogens with one attached hydrogen (secondary N) is 1. The molecule has 0 saturated heterocycles. The molecular weight excluding hydrogens is 278 g/mol. The van der Waals surface area contributed by atoms with E-state index in [-0.39, 0.29) is 5.91 Å². The summed E-state index contributed by atoms with van der Waals surface area (Å²) < 4.78 is 5.24. The lowest BCUT2D eigenvalue weighted by molar-refractivity contribution is -0.121. The summed E-state index contributed by atoms with van der Waals surface area (Å²) in [6, 6.07) is 7.99. The average molecular weight is 301 g/mol. The first kappa shape index (κ1) is 16.2. The minimum absolute atomic E-state index is 0.0759. The van der Waals surface area contributed by atoms with E-state index in [0.29, 0.717) is 36.9 Å². The van der Waals surface area contributed by atoms with Crippen molar-refractivity contribution < 1.29 is 9.32 Å². The Morgan fingerprint density at radius 2 is 2.00 bits per heavy atom. The van der Waals surface area contributed by atoms with Gasteiger partial charge in [0, 0.05) is 24.9 Å². The van der Waals surface area contributed by atoms with Gasteiger partial charge in [0.1, 0.15) is 0 Å². The van der Waals surface area contributed by atoms with Gasteiger partial charge in [0.2, 0.25) is 17.6 Å². The fourth-order valence-corrected chi connectivity index (χ4v) is 1.98. The lowest BCUT2D eigenvalue weighted by Gasteiger charge is -2.06. The molecule has 1 amide bonds. The van der Waals surface area contributed by atoms with E-state index < -0.39 is 0 Å². The normalized spacial score (nSPS) is 10.9. The zero-order chi connectivity index (χ0) is 15.9. The van der Waals surface area contributed by atoms with Gasteiger partial charge in [-0.3, -0.25) is 4.79 Å². The number of aromatic nitrogens is 2. The third kappa shape index (κ3) is 4.98. The van der Waals surface area contributed by atoms with Crippen molar-refractivity contribution in [3.8, 4) is 11.4 Å². The van der Waals surface area contributed by atoms with E-state index in [9.17, 15) is 4.79 Å². The second-order valence-electron chi connectivity index (χ2n) is 5.93. The van der Waals surface area contributed by atoms with Crippen LogP contribution in [0, 0.1) is 12.8 Å². The van der Waals surface area contributed by atoms with Crippen LogP contribution in [0.15, 0.2) is 28.8 Å². The maximum Gasteiger partial charge on any atom is 0.226 e. The minimum atomic E-state index is 0.0759. The van der Waals surface area contributed by atoms with Crippen LogP contribution in [0.25, 0.3) is 11.4 Å². The summed E-state index contributed by atoms with van der Waals surface area (Å²) in [5.41, 5.74) is 2.13. The maximum atomic E-state index is 11.6. The van der Waals surface area contributed by atoms with E-state index >= 15 is 0 Å². The number of carbonyl (C=O) groups excluding carboxylic acids is 1. The predicted octanol–water partition coefficient (Wildman–Crippen LogP) is 3.14. The number of amides is 1. The molecule has 0 radical (unpaired) electrons. The van der Waals surface area contributed by atoms with Crippen molar-refractivity contribution in [2.75, 3.05) is 6.54 Å². The molecule has 1 heterocycles. The van der Waals surface area contributed by atoms with Gasteiger partial charge < -0.3 is 9.84 Å². The van der Waals surface area contributed by atoms with Gasteiger partial charge in [-0.05, 0) is 19.3 Å². The lowest BCUT2D eigenvalue weighted by atomic mass is 10.1. The summed E-state index contributed by atoms with van der Waals surface area (Å²) in [6.07, 6.45) is 1.81. The lowest BCUT2D eigenvalue weighted by Crippen LogP contribution is -2.27. The Morgan fingerprint density at radius 3 is 2.68 bits per heavy atom. The van der Waals surface area contributed by atoms with Crippen molar-refractivity contribution in [1.29, 1.82) is 0 Å². The van der Waals surface area contributed by atoms with Crippen LogP contribution in [0.3, 0.4) is 0 Å². The molecule has 5 heteroatoms. The molecular formula is C17H23N3O2. The number of hydrogen-bond acceptors (Lipinski definition) is 4. The molecule has 2 rings (SSSR count). The summed E-state index contributed by atoms with van der Waals surface area (Å²) in [5, 5.41) is 6.89. The second kappa shape index (κ2) is 7.73. The van der Waals surface area contributed by atoms with Crippen LogP contribution in [0.1, 0.15) is 38.1 Å². The minimum Gasteiger partial charge on any atom is -0.356 e. The smallest absolute Gasteiger partial charge is 0.226 e. The van der Waals surface area contributed by atoms with Crippen LogP contribution in [0.2, 0.25) is 0 Å². The molecule has 0 saturated carbocycles. The van der Waals surface area contributed by atoms with Gasteiger partial charge in [0.25, 0.3) is 0 Å². The van der Waals surface area contributed by atoms with Gasteiger partial charge in [-0.2, -0.15) is 4.98 Å². The molecule has 0 aliphatic carbocycles.